The summed E-state index contributed by atoms with van der Waals surface area (Å²) in [5.41, 5.74) is 0.238. The molecule has 0 aliphatic carbocycles. The van der Waals surface area contributed by atoms with Gasteiger partial charge >= 0.3 is 5.97 Å². The van der Waals surface area contributed by atoms with E-state index in [-0.39, 0.29) is 30.9 Å². The van der Waals surface area contributed by atoms with Crippen molar-refractivity contribution in [3.63, 3.8) is 0 Å². The predicted molar refractivity (Wildman–Crippen MR) is 81.8 cm³/mol. The quantitative estimate of drug-likeness (QED) is 0.328. The molecule has 1 rings (SSSR count). The Bertz CT molecular complexity index is 447. The number of nitro groups is 1. The van der Waals surface area contributed by atoms with E-state index in [0.29, 0.717) is 5.56 Å². The molecule has 7 nitrogen and oxygen atoms in total. The minimum absolute atomic E-state index is 0. The van der Waals surface area contributed by atoms with Gasteiger partial charge in [0.25, 0.3) is 5.69 Å². The molecule has 0 fully saturated rings. The number of rotatable bonds is 8. The third-order valence-electron chi connectivity index (χ3n) is 2.60. The molecule has 1 aromatic rings. The minimum Gasteiger partial charge on any atom is -0.459 e. The molecule has 2 N–H and O–H groups in total. The van der Waals surface area contributed by atoms with Crippen molar-refractivity contribution in [3.8, 4) is 0 Å². The molecule has 21 heavy (non-hydrogen) atoms. The van der Waals surface area contributed by atoms with Gasteiger partial charge in [0.15, 0.2) is 0 Å². The fourth-order valence-corrected chi connectivity index (χ4v) is 1.64. The van der Waals surface area contributed by atoms with Gasteiger partial charge < -0.3 is 4.74 Å². The molecule has 118 valence electrons. The molecule has 0 aromatic heterocycles. The highest BCUT2D eigenvalue weighted by molar-refractivity contribution is 5.89. The molecule has 0 saturated heterocycles. The number of likely N-dealkylation sites (N-methyl/N-ethyl adjacent to an activating group) is 2. The van der Waals surface area contributed by atoms with Crippen LogP contribution >= 0.6 is 12.4 Å². The van der Waals surface area contributed by atoms with Gasteiger partial charge in [-0.15, -0.1) is 12.4 Å². The summed E-state index contributed by atoms with van der Waals surface area (Å²) in [6.07, 6.45) is -0.105. The summed E-state index contributed by atoms with van der Waals surface area (Å²) in [5.74, 6) is -0.499. The smallest absolute Gasteiger partial charge is 0.338 e. The lowest BCUT2D eigenvalue weighted by Gasteiger charge is -2.18. The molecule has 0 amide bonds. The topological polar surface area (TPSA) is 93.5 Å². The third-order valence-corrected chi connectivity index (χ3v) is 2.60. The van der Waals surface area contributed by atoms with Gasteiger partial charge in [0.1, 0.15) is 6.61 Å². The maximum atomic E-state index is 11.8. The zero-order valence-corrected chi connectivity index (χ0v) is 12.8. The monoisotopic (exact) mass is 317 g/mol. The van der Waals surface area contributed by atoms with E-state index in [2.05, 4.69) is 10.6 Å². The molecular weight excluding hydrogens is 298 g/mol. The van der Waals surface area contributed by atoms with Gasteiger partial charge in [0.2, 0.25) is 0 Å². The van der Waals surface area contributed by atoms with Crippen LogP contribution in [0.3, 0.4) is 0 Å². The van der Waals surface area contributed by atoms with Crippen LogP contribution in [0.25, 0.3) is 0 Å². The third kappa shape index (κ3) is 6.52. The second-order valence-corrected chi connectivity index (χ2v) is 4.07. The maximum absolute atomic E-state index is 11.8. The number of hydrogen-bond donors (Lipinski definition) is 2. The van der Waals surface area contributed by atoms with Crippen LogP contribution in [0.15, 0.2) is 24.3 Å². The standard InChI is InChI=1S/C13H19N3O4.ClH/c1-3-14-12(15-4-2)9-20-13(17)10-5-7-11(8-6-10)16(18)19;/h5-8,12,14-15H,3-4,9H2,1-2H3;1H. The first kappa shape index (κ1) is 19.3. The zero-order chi connectivity index (χ0) is 15.0. The fraction of sp³-hybridized carbons (Fsp3) is 0.462. The van der Waals surface area contributed by atoms with Gasteiger partial charge in [0.05, 0.1) is 16.7 Å². The number of nitro benzene ring substituents is 1. The number of halogens is 1. The van der Waals surface area contributed by atoms with E-state index in [9.17, 15) is 14.9 Å². The van der Waals surface area contributed by atoms with Crippen LogP contribution in [0.5, 0.6) is 0 Å². The van der Waals surface area contributed by atoms with Crippen molar-refractivity contribution in [2.24, 2.45) is 0 Å². The molecule has 0 saturated carbocycles. The predicted octanol–water partition coefficient (Wildman–Crippen LogP) is 1.72. The first-order valence-electron chi connectivity index (χ1n) is 6.46. The number of benzene rings is 1. The van der Waals surface area contributed by atoms with E-state index in [1.54, 1.807) is 0 Å². The van der Waals surface area contributed by atoms with E-state index >= 15 is 0 Å². The SMILES string of the molecule is CCNC(COC(=O)c1ccc([N+](=O)[O-])cc1)NCC.Cl. The Morgan fingerprint density at radius 2 is 1.76 bits per heavy atom. The normalized spacial score (nSPS) is 10.0. The number of ether oxygens (including phenoxy) is 1. The Hall–Kier alpha value is -1.70. The highest BCUT2D eigenvalue weighted by Gasteiger charge is 2.13. The average molecular weight is 318 g/mol. The number of carbonyl (C=O) groups excluding carboxylic acids is 1. The summed E-state index contributed by atoms with van der Waals surface area (Å²) in [6, 6.07) is 5.33. The molecule has 1 aromatic carbocycles. The molecule has 0 heterocycles. The number of non-ortho nitro benzene ring substituents is 1. The highest BCUT2D eigenvalue weighted by Crippen LogP contribution is 2.12. The summed E-state index contributed by atoms with van der Waals surface area (Å²) in [7, 11) is 0. The van der Waals surface area contributed by atoms with Crippen LogP contribution in [0.4, 0.5) is 5.69 Å². The largest absolute Gasteiger partial charge is 0.459 e. The number of nitrogens with zero attached hydrogens (tertiary/aromatic N) is 1. The highest BCUT2D eigenvalue weighted by atomic mass is 35.5. The Morgan fingerprint density at radius 1 is 1.24 bits per heavy atom. The van der Waals surface area contributed by atoms with E-state index in [1.165, 1.54) is 24.3 Å². The lowest BCUT2D eigenvalue weighted by molar-refractivity contribution is -0.384. The van der Waals surface area contributed by atoms with Crippen LogP contribution in [-0.4, -0.2) is 36.8 Å². The van der Waals surface area contributed by atoms with E-state index in [0.717, 1.165) is 13.1 Å². The number of esters is 1. The van der Waals surface area contributed by atoms with Crippen molar-refractivity contribution in [1.29, 1.82) is 0 Å². The summed E-state index contributed by atoms with van der Waals surface area (Å²) in [6.45, 7) is 5.63. The maximum Gasteiger partial charge on any atom is 0.338 e. The summed E-state index contributed by atoms with van der Waals surface area (Å²) >= 11 is 0. The Morgan fingerprint density at radius 3 is 2.19 bits per heavy atom. The van der Waals surface area contributed by atoms with Gasteiger partial charge in [-0.1, -0.05) is 13.8 Å². The Balaban J connectivity index is 0.00000400. The Labute approximate surface area is 129 Å². The van der Waals surface area contributed by atoms with Crippen molar-refractivity contribution in [2.45, 2.75) is 20.0 Å². The van der Waals surface area contributed by atoms with Crippen molar-refractivity contribution < 1.29 is 14.5 Å². The lowest BCUT2D eigenvalue weighted by atomic mass is 10.2. The van der Waals surface area contributed by atoms with Gasteiger partial charge in [-0.05, 0) is 25.2 Å². The van der Waals surface area contributed by atoms with Crippen LogP contribution in [0, 0.1) is 10.1 Å². The minimum atomic E-state index is -0.512. The summed E-state index contributed by atoms with van der Waals surface area (Å²) in [5, 5.41) is 16.8. The van der Waals surface area contributed by atoms with Gasteiger partial charge in [-0.2, -0.15) is 0 Å². The molecule has 0 radical (unpaired) electrons. The summed E-state index contributed by atoms with van der Waals surface area (Å²) < 4.78 is 5.16. The van der Waals surface area contributed by atoms with Crippen molar-refractivity contribution >= 4 is 24.1 Å². The van der Waals surface area contributed by atoms with Crippen molar-refractivity contribution in [2.75, 3.05) is 19.7 Å². The molecule has 0 aliphatic heterocycles. The molecule has 0 unspecified atom stereocenters. The molecule has 0 atom stereocenters. The second-order valence-electron chi connectivity index (χ2n) is 4.07. The molecule has 0 bridgehead atoms. The molecule has 8 heteroatoms. The van der Waals surface area contributed by atoms with Crippen LogP contribution in [0.1, 0.15) is 24.2 Å². The lowest BCUT2D eigenvalue weighted by Crippen LogP contribution is -2.45. The van der Waals surface area contributed by atoms with Crippen molar-refractivity contribution in [3.05, 3.63) is 39.9 Å². The zero-order valence-electron chi connectivity index (χ0n) is 12.0. The Kier molecular flexibility index (Phi) is 9.27. The number of hydrogen-bond acceptors (Lipinski definition) is 6. The van der Waals surface area contributed by atoms with Gasteiger partial charge in [-0.25, -0.2) is 4.79 Å². The van der Waals surface area contributed by atoms with Crippen LogP contribution in [0.2, 0.25) is 0 Å². The van der Waals surface area contributed by atoms with Crippen LogP contribution in [-0.2, 0) is 4.74 Å². The first-order valence-corrected chi connectivity index (χ1v) is 6.46. The average Bonchev–Trinajstić information content (AvgIpc) is 2.45. The van der Waals surface area contributed by atoms with Gasteiger partial charge in [-0.3, -0.25) is 20.7 Å². The van der Waals surface area contributed by atoms with E-state index < -0.39 is 10.9 Å². The summed E-state index contributed by atoms with van der Waals surface area (Å²) in [4.78, 5) is 21.8. The molecule has 0 aliphatic rings. The molecular formula is C13H20ClN3O4. The number of nitrogens with one attached hydrogen (secondary N) is 2. The fourth-order valence-electron chi connectivity index (χ4n) is 1.64. The van der Waals surface area contributed by atoms with Crippen LogP contribution < -0.4 is 10.6 Å². The van der Waals surface area contributed by atoms with E-state index in [1.807, 2.05) is 13.8 Å². The number of carbonyl (C=O) groups is 1. The van der Waals surface area contributed by atoms with E-state index in [4.69, 9.17) is 4.74 Å². The second kappa shape index (κ2) is 10.1. The van der Waals surface area contributed by atoms with Crippen molar-refractivity contribution in [1.82, 2.24) is 10.6 Å². The van der Waals surface area contributed by atoms with Gasteiger partial charge in [0, 0.05) is 12.1 Å². The first-order chi connectivity index (χ1) is 9.58. The molecule has 0 spiro atoms.